The van der Waals surface area contributed by atoms with E-state index in [9.17, 15) is 4.39 Å². The summed E-state index contributed by atoms with van der Waals surface area (Å²) in [4.78, 5) is 0. The maximum absolute atomic E-state index is 12.3. The van der Waals surface area contributed by atoms with Crippen molar-refractivity contribution in [3.05, 3.63) is 84.3 Å². The molecule has 1 aromatic heterocycles. The summed E-state index contributed by atoms with van der Waals surface area (Å²) >= 11 is 1.61. The zero-order valence-corrected chi connectivity index (χ0v) is 20.9. The molecule has 4 rings (SSSR count). The van der Waals surface area contributed by atoms with Crippen molar-refractivity contribution in [2.24, 2.45) is 7.05 Å². The normalized spacial score (nSPS) is 12.2. The van der Waals surface area contributed by atoms with E-state index in [0.717, 1.165) is 5.92 Å². The number of halogens is 1. The topological polar surface area (TPSA) is 17.0 Å². The van der Waals surface area contributed by atoms with Crippen LogP contribution in [-0.4, -0.2) is 17.9 Å². The van der Waals surface area contributed by atoms with E-state index in [1.165, 1.54) is 36.2 Å². The standard InChI is InChI=1S/C16H21N.C7H7F.C2H7NS.C2H4.CH4/c1-11(2)16-15(12-7-6-8-12)13-9-4-5-10-14(13)17(16)3;1-6-4-2-3-5-7(6)8;1-3-4-2;1-2;/h4-5,9-12H,6-8H2,1-3H3;2-5H,1H3;3H,1-2H3;1-2H2;1H4. The fourth-order valence-corrected chi connectivity index (χ4v) is 3.82. The molecule has 0 amide bonds. The van der Waals surface area contributed by atoms with Gasteiger partial charge < -0.3 is 4.57 Å². The Morgan fingerprint density at radius 1 is 1.06 bits per heavy atom. The van der Waals surface area contributed by atoms with Crippen LogP contribution >= 0.6 is 11.9 Å². The lowest BCUT2D eigenvalue weighted by Gasteiger charge is -2.27. The molecule has 1 fully saturated rings. The Kier molecular flexibility index (Phi) is 14.7. The largest absolute Gasteiger partial charge is 0.347 e. The number of aromatic nitrogens is 1. The first kappa shape index (κ1) is 30.0. The molecule has 1 aliphatic carbocycles. The third-order valence-electron chi connectivity index (χ3n) is 5.53. The van der Waals surface area contributed by atoms with E-state index in [1.807, 2.05) is 19.4 Å². The third kappa shape index (κ3) is 7.83. The number of aryl methyl sites for hydroxylation is 2. The molecule has 2 aromatic carbocycles. The second-order valence-corrected chi connectivity index (χ2v) is 8.63. The van der Waals surface area contributed by atoms with Crippen LogP contribution in [0.25, 0.3) is 10.9 Å². The Labute approximate surface area is 200 Å². The third-order valence-corrected chi connectivity index (χ3v) is 5.94. The highest BCUT2D eigenvalue weighted by Crippen LogP contribution is 2.44. The Hall–Kier alpha value is -2.04. The van der Waals surface area contributed by atoms with Gasteiger partial charge >= 0.3 is 0 Å². The number of rotatable bonds is 3. The van der Waals surface area contributed by atoms with Gasteiger partial charge in [0.25, 0.3) is 0 Å². The highest BCUT2D eigenvalue weighted by atomic mass is 32.2. The number of nitrogens with one attached hydrogen (secondary N) is 1. The summed E-state index contributed by atoms with van der Waals surface area (Å²) in [5, 5.41) is 1.49. The van der Waals surface area contributed by atoms with Crippen LogP contribution in [0.1, 0.15) is 69.2 Å². The van der Waals surface area contributed by atoms with Crippen molar-refractivity contribution in [2.45, 2.75) is 59.3 Å². The van der Waals surface area contributed by atoms with Crippen LogP contribution in [0, 0.1) is 12.7 Å². The smallest absolute Gasteiger partial charge is 0.126 e. The molecular formula is C28H43FN2S. The molecule has 0 spiro atoms. The number of para-hydroxylation sites is 1. The summed E-state index contributed by atoms with van der Waals surface area (Å²) < 4.78 is 17.6. The van der Waals surface area contributed by atoms with Gasteiger partial charge in [-0.25, -0.2) is 4.39 Å². The van der Waals surface area contributed by atoms with Gasteiger partial charge in [0, 0.05) is 23.6 Å². The van der Waals surface area contributed by atoms with Crippen molar-refractivity contribution >= 4 is 22.9 Å². The van der Waals surface area contributed by atoms with Crippen molar-refractivity contribution in [1.29, 1.82) is 0 Å². The van der Waals surface area contributed by atoms with Gasteiger partial charge in [0.05, 0.1) is 0 Å². The fourth-order valence-electron chi connectivity index (χ4n) is 3.82. The monoisotopic (exact) mass is 458 g/mol. The molecule has 1 heterocycles. The number of benzene rings is 2. The fraction of sp³-hybridized carbons (Fsp3) is 0.429. The van der Waals surface area contributed by atoms with Crippen molar-refractivity contribution in [2.75, 3.05) is 13.3 Å². The number of hydrogen-bond acceptors (Lipinski definition) is 2. The zero-order valence-electron chi connectivity index (χ0n) is 20.0. The minimum atomic E-state index is -0.132. The van der Waals surface area contributed by atoms with E-state index in [-0.39, 0.29) is 13.2 Å². The van der Waals surface area contributed by atoms with Crippen molar-refractivity contribution in [1.82, 2.24) is 9.29 Å². The molecule has 0 radical (unpaired) electrons. The van der Waals surface area contributed by atoms with Crippen LogP contribution in [0.4, 0.5) is 4.39 Å². The Morgan fingerprint density at radius 3 is 2.00 bits per heavy atom. The average Bonchev–Trinajstić information content (AvgIpc) is 3.04. The lowest BCUT2D eigenvalue weighted by atomic mass is 9.77. The maximum atomic E-state index is 12.3. The molecule has 0 atom stereocenters. The summed E-state index contributed by atoms with van der Waals surface area (Å²) in [5.41, 5.74) is 5.30. The Balaban J connectivity index is 0.000000540. The van der Waals surface area contributed by atoms with E-state index in [1.54, 1.807) is 42.3 Å². The van der Waals surface area contributed by atoms with Gasteiger partial charge in [-0.2, -0.15) is 0 Å². The van der Waals surface area contributed by atoms with E-state index in [4.69, 9.17) is 0 Å². The molecule has 0 unspecified atom stereocenters. The van der Waals surface area contributed by atoms with Crippen LogP contribution in [-0.2, 0) is 7.05 Å². The molecule has 1 N–H and O–H groups in total. The second-order valence-electron chi connectivity index (χ2n) is 7.82. The molecule has 3 aromatic rings. The molecule has 0 saturated heterocycles. The highest BCUT2D eigenvalue weighted by molar-refractivity contribution is 7.96. The van der Waals surface area contributed by atoms with Crippen LogP contribution in [0.2, 0.25) is 0 Å². The molecule has 2 nitrogen and oxygen atoms in total. The number of fused-ring (bicyclic) bond motifs is 1. The van der Waals surface area contributed by atoms with Crippen molar-refractivity contribution in [3.8, 4) is 0 Å². The minimum absolute atomic E-state index is 0. The van der Waals surface area contributed by atoms with Gasteiger partial charge in [0.15, 0.2) is 0 Å². The molecule has 0 aliphatic heterocycles. The highest BCUT2D eigenvalue weighted by Gasteiger charge is 2.27. The molecule has 1 aliphatic rings. The van der Waals surface area contributed by atoms with Crippen LogP contribution in [0.3, 0.4) is 0 Å². The number of hydrogen-bond donors (Lipinski definition) is 1. The van der Waals surface area contributed by atoms with Gasteiger partial charge in [-0.15, -0.1) is 13.2 Å². The quantitative estimate of drug-likeness (QED) is 0.312. The van der Waals surface area contributed by atoms with Crippen molar-refractivity contribution in [3.63, 3.8) is 0 Å². The lowest BCUT2D eigenvalue weighted by Crippen LogP contribution is -2.12. The van der Waals surface area contributed by atoms with Crippen LogP contribution in [0.15, 0.2) is 61.7 Å². The SMILES string of the molecule is C.C=C.CC(C)c1c(C2CCC2)c2ccccc2n1C.CNSC.Cc1ccccc1F. The Morgan fingerprint density at radius 2 is 1.59 bits per heavy atom. The van der Waals surface area contributed by atoms with Crippen LogP contribution < -0.4 is 4.72 Å². The summed E-state index contributed by atoms with van der Waals surface area (Å²) in [6.45, 7) is 12.4. The first-order valence-corrected chi connectivity index (χ1v) is 12.1. The summed E-state index contributed by atoms with van der Waals surface area (Å²) in [6.07, 6.45) is 6.16. The average molecular weight is 459 g/mol. The molecule has 4 heteroatoms. The first-order chi connectivity index (χ1) is 14.9. The first-order valence-electron chi connectivity index (χ1n) is 10.9. The predicted molar refractivity (Wildman–Crippen MR) is 145 cm³/mol. The summed E-state index contributed by atoms with van der Waals surface area (Å²) in [6, 6.07) is 15.6. The molecule has 1 saturated carbocycles. The van der Waals surface area contributed by atoms with Gasteiger partial charge in [-0.3, -0.25) is 4.72 Å². The molecule has 178 valence electrons. The maximum Gasteiger partial charge on any atom is 0.126 e. The number of nitrogens with zero attached hydrogens (tertiary/aromatic N) is 1. The van der Waals surface area contributed by atoms with Gasteiger partial charge in [0.2, 0.25) is 0 Å². The predicted octanol–water partition coefficient (Wildman–Crippen LogP) is 8.63. The minimum Gasteiger partial charge on any atom is -0.347 e. The molecule has 32 heavy (non-hydrogen) atoms. The van der Waals surface area contributed by atoms with E-state index in [2.05, 4.69) is 67.6 Å². The lowest BCUT2D eigenvalue weighted by molar-refractivity contribution is 0.417. The van der Waals surface area contributed by atoms with Gasteiger partial charge in [0.1, 0.15) is 5.82 Å². The van der Waals surface area contributed by atoms with E-state index >= 15 is 0 Å². The van der Waals surface area contributed by atoms with Gasteiger partial charge in [-0.1, -0.05) is 76.0 Å². The summed E-state index contributed by atoms with van der Waals surface area (Å²) in [5.74, 6) is 1.30. The zero-order chi connectivity index (χ0) is 23.4. The van der Waals surface area contributed by atoms with E-state index < -0.39 is 0 Å². The molecular weight excluding hydrogens is 415 g/mol. The van der Waals surface area contributed by atoms with Crippen molar-refractivity contribution < 1.29 is 4.39 Å². The second kappa shape index (κ2) is 15.7. The van der Waals surface area contributed by atoms with Crippen LogP contribution in [0.5, 0.6) is 0 Å². The molecule has 0 bridgehead atoms. The Bertz CT molecular complexity index is 890. The van der Waals surface area contributed by atoms with E-state index in [0.29, 0.717) is 11.5 Å². The van der Waals surface area contributed by atoms with Gasteiger partial charge in [-0.05, 0) is 68.2 Å². The summed E-state index contributed by atoms with van der Waals surface area (Å²) in [7, 11) is 4.12.